The number of nitrogens with zero attached hydrogens (tertiary/aromatic N) is 4. The summed E-state index contributed by atoms with van der Waals surface area (Å²) >= 11 is 0. The predicted molar refractivity (Wildman–Crippen MR) is 92.6 cm³/mol. The number of methoxy groups -OCH3 is 1. The number of carbonyl (C=O) groups is 1. The van der Waals surface area contributed by atoms with E-state index in [2.05, 4.69) is 53.1 Å². The molecule has 0 atom stereocenters. The van der Waals surface area contributed by atoms with Crippen LogP contribution in [-0.2, 0) is 11.3 Å². The fraction of sp³-hybridized carbons (Fsp3) is 0.294. The summed E-state index contributed by atoms with van der Waals surface area (Å²) in [6.45, 7) is 0.523. The molecule has 1 amide bonds. The summed E-state index contributed by atoms with van der Waals surface area (Å²) in [4.78, 5) is 23.9. The van der Waals surface area contributed by atoms with Gasteiger partial charge in [0.15, 0.2) is 0 Å². The van der Waals surface area contributed by atoms with Crippen molar-refractivity contribution < 1.29 is 9.53 Å². The Kier molecular flexibility index (Phi) is 3.93. The quantitative estimate of drug-likeness (QED) is 0.743. The van der Waals surface area contributed by atoms with Crippen molar-refractivity contribution in [3.05, 3.63) is 48.2 Å². The van der Waals surface area contributed by atoms with Crippen LogP contribution >= 0.6 is 0 Å². The third-order valence-corrected chi connectivity index (χ3v) is 4.11. The van der Waals surface area contributed by atoms with E-state index < -0.39 is 6.09 Å². The molecule has 1 saturated carbocycles. The van der Waals surface area contributed by atoms with Crippen LogP contribution in [0.5, 0.6) is 0 Å². The van der Waals surface area contributed by atoms with Crippen LogP contribution in [0.1, 0.15) is 30.0 Å². The van der Waals surface area contributed by atoms with Gasteiger partial charge in [-0.1, -0.05) is 6.07 Å². The zero-order valence-corrected chi connectivity index (χ0v) is 13.8. The number of imidazole rings is 1. The molecule has 8 heteroatoms. The lowest BCUT2D eigenvalue weighted by Gasteiger charge is -2.06. The summed E-state index contributed by atoms with van der Waals surface area (Å²) in [5.41, 5.74) is 3.21. The topological polar surface area (TPSA) is 93.4 Å². The number of amides is 1. The molecule has 1 fully saturated rings. The number of nitrogens with one attached hydrogen (secondary N) is 2. The summed E-state index contributed by atoms with van der Waals surface area (Å²) in [7, 11) is 1.30. The van der Waals surface area contributed by atoms with Gasteiger partial charge in [0, 0.05) is 18.5 Å². The Morgan fingerprint density at radius 1 is 1.28 bits per heavy atom. The van der Waals surface area contributed by atoms with Crippen molar-refractivity contribution in [3.63, 3.8) is 0 Å². The largest absolute Gasteiger partial charge is 0.453 e. The molecule has 0 radical (unpaired) electrons. The van der Waals surface area contributed by atoms with E-state index in [0.29, 0.717) is 18.2 Å². The van der Waals surface area contributed by atoms with E-state index in [0.717, 1.165) is 17.3 Å². The first-order valence-corrected chi connectivity index (χ1v) is 8.09. The van der Waals surface area contributed by atoms with Crippen molar-refractivity contribution in [2.45, 2.75) is 25.3 Å². The van der Waals surface area contributed by atoms with E-state index >= 15 is 0 Å². The summed E-state index contributed by atoms with van der Waals surface area (Å²) in [6, 6.07) is 5.85. The van der Waals surface area contributed by atoms with E-state index in [1.54, 1.807) is 6.07 Å². The van der Waals surface area contributed by atoms with Gasteiger partial charge < -0.3 is 14.5 Å². The molecular formula is C17H18N6O2. The van der Waals surface area contributed by atoms with Gasteiger partial charge in [-0.05, 0) is 30.4 Å². The van der Waals surface area contributed by atoms with Crippen molar-refractivity contribution in [1.29, 1.82) is 0 Å². The highest BCUT2D eigenvalue weighted by Crippen LogP contribution is 2.39. The zero-order chi connectivity index (χ0) is 17.2. The van der Waals surface area contributed by atoms with E-state index in [1.807, 2.05) is 6.20 Å². The molecule has 25 heavy (non-hydrogen) atoms. The molecule has 0 aromatic carbocycles. The Bertz CT molecular complexity index is 918. The van der Waals surface area contributed by atoms with Gasteiger partial charge in [0.2, 0.25) is 0 Å². The molecule has 3 aromatic rings. The Morgan fingerprint density at radius 3 is 2.92 bits per heavy atom. The van der Waals surface area contributed by atoms with Crippen LogP contribution in [0.25, 0.3) is 5.65 Å². The van der Waals surface area contributed by atoms with Crippen molar-refractivity contribution in [3.8, 4) is 0 Å². The first-order chi connectivity index (χ1) is 12.2. The highest BCUT2D eigenvalue weighted by molar-refractivity contribution is 5.83. The molecule has 3 aromatic heterocycles. The maximum absolute atomic E-state index is 11.2. The lowest BCUT2D eigenvalue weighted by molar-refractivity contribution is 0.187. The van der Waals surface area contributed by atoms with E-state index in [1.165, 1.54) is 31.8 Å². The van der Waals surface area contributed by atoms with Crippen LogP contribution in [0, 0.1) is 0 Å². The number of carbonyl (C=O) groups excluding carboxylic acids is 1. The molecule has 0 unspecified atom stereocenters. The van der Waals surface area contributed by atoms with Crippen LogP contribution in [0.3, 0.4) is 0 Å². The number of ether oxygens (including phenoxy) is 1. The normalized spacial score (nSPS) is 13.6. The molecular weight excluding hydrogens is 320 g/mol. The van der Waals surface area contributed by atoms with Crippen LogP contribution in [-0.4, -0.2) is 32.6 Å². The van der Waals surface area contributed by atoms with Gasteiger partial charge in [-0.3, -0.25) is 5.32 Å². The molecule has 0 aliphatic heterocycles. The SMILES string of the molecule is COC(=O)Nc1cc(NCc2cn3cc(C4CC4)ccc3n2)ncn1. The van der Waals surface area contributed by atoms with Crippen LogP contribution < -0.4 is 10.6 Å². The van der Waals surface area contributed by atoms with Crippen LogP contribution in [0.15, 0.2) is 36.9 Å². The average Bonchev–Trinajstić information content (AvgIpc) is 3.39. The molecule has 4 rings (SSSR count). The molecule has 0 bridgehead atoms. The minimum Gasteiger partial charge on any atom is -0.453 e. The summed E-state index contributed by atoms with van der Waals surface area (Å²) < 4.78 is 6.61. The highest BCUT2D eigenvalue weighted by Gasteiger charge is 2.23. The smallest absolute Gasteiger partial charge is 0.412 e. The number of rotatable bonds is 5. The molecule has 1 aliphatic carbocycles. The van der Waals surface area contributed by atoms with Gasteiger partial charge in [0.1, 0.15) is 23.6 Å². The third-order valence-electron chi connectivity index (χ3n) is 4.11. The molecule has 3 heterocycles. The molecule has 128 valence electrons. The van der Waals surface area contributed by atoms with Gasteiger partial charge in [-0.2, -0.15) is 0 Å². The minimum absolute atomic E-state index is 0.369. The van der Waals surface area contributed by atoms with E-state index in [-0.39, 0.29) is 0 Å². The monoisotopic (exact) mass is 338 g/mol. The Balaban J connectivity index is 1.44. The maximum Gasteiger partial charge on any atom is 0.412 e. The lowest BCUT2D eigenvalue weighted by atomic mass is 10.2. The second-order valence-corrected chi connectivity index (χ2v) is 5.99. The fourth-order valence-corrected chi connectivity index (χ4v) is 2.66. The second kappa shape index (κ2) is 6.39. The summed E-state index contributed by atoms with van der Waals surface area (Å²) in [5, 5.41) is 5.69. The molecule has 0 saturated heterocycles. The Labute approximate surface area is 144 Å². The second-order valence-electron chi connectivity index (χ2n) is 5.99. The molecule has 0 spiro atoms. The fourth-order valence-electron chi connectivity index (χ4n) is 2.66. The number of hydrogen-bond donors (Lipinski definition) is 2. The first-order valence-electron chi connectivity index (χ1n) is 8.09. The van der Waals surface area contributed by atoms with Crippen LogP contribution in [0.2, 0.25) is 0 Å². The average molecular weight is 338 g/mol. The van der Waals surface area contributed by atoms with Crippen molar-refractivity contribution in [2.24, 2.45) is 0 Å². The number of anilines is 2. The minimum atomic E-state index is -0.573. The van der Waals surface area contributed by atoms with Gasteiger partial charge in [0.25, 0.3) is 0 Å². The van der Waals surface area contributed by atoms with Crippen molar-refractivity contribution >= 4 is 23.4 Å². The Hall–Kier alpha value is -3.16. The third kappa shape index (κ3) is 3.52. The standard InChI is InChI=1S/C17H18N6O2/c1-25-17(24)22-15-6-14(19-10-20-15)18-7-13-9-23-8-12(11-2-3-11)4-5-16(23)21-13/h4-6,8-11H,2-3,7H2,1H3,(H2,18,19,20,22,24). The van der Waals surface area contributed by atoms with Gasteiger partial charge in [-0.15, -0.1) is 0 Å². The number of aromatic nitrogens is 4. The highest BCUT2D eigenvalue weighted by atomic mass is 16.5. The maximum atomic E-state index is 11.2. The Morgan fingerprint density at radius 2 is 2.12 bits per heavy atom. The molecule has 1 aliphatic rings. The van der Waals surface area contributed by atoms with Gasteiger partial charge >= 0.3 is 6.09 Å². The lowest BCUT2D eigenvalue weighted by Crippen LogP contribution is -2.12. The number of fused-ring (bicyclic) bond motifs is 1. The molecule has 2 N–H and O–H groups in total. The van der Waals surface area contributed by atoms with E-state index in [9.17, 15) is 4.79 Å². The number of pyridine rings is 1. The van der Waals surface area contributed by atoms with Crippen molar-refractivity contribution in [1.82, 2.24) is 19.4 Å². The first kappa shape index (κ1) is 15.4. The number of hydrogen-bond acceptors (Lipinski definition) is 6. The summed E-state index contributed by atoms with van der Waals surface area (Å²) in [6.07, 6.45) is 7.54. The van der Waals surface area contributed by atoms with Gasteiger partial charge in [0.05, 0.1) is 19.3 Å². The van der Waals surface area contributed by atoms with Crippen molar-refractivity contribution in [2.75, 3.05) is 17.7 Å². The van der Waals surface area contributed by atoms with Crippen LogP contribution in [0.4, 0.5) is 16.4 Å². The van der Waals surface area contributed by atoms with Gasteiger partial charge in [-0.25, -0.2) is 19.7 Å². The zero-order valence-electron chi connectivity index (χ0n) is 13.8. The van der Waals surface area contributed by atoms with E-state index in [4.69, 9.17) is 0 Å². The molecule has 8 nitrogen and oxygen atoms in total. The predicted octanol–water partition coefficient (Wildman–Crippen LogP) is 2.79. The summed E-state index contributed by atoms with van der Waals surface area (Å²) in [5.74, 6) is 1.68.